The van der Waals surface area contributed by atoms with Crippen molar-refractivity contribution < 1.29 is 8.42 Å². The summed E-state index contributed by atoms with van der Waals surface area (Å²) in [4.78, 5) is 7.52. The van der Waals surface area contributed by atoms with Crippen molar-refractivity contribution in [3.05, 3.63) is 66.4 Å². The second-order valence-corrected chi connectivity index (χ2v) is 8.76. The molecule has 0 aliphatic carbocycles. The zero-order chi connectivity index (χ0) is 18.0. The average Bonchev–Trinajstić information content (AvgIpc) is 2.69. The quantitative estimate of drug-likeness (QED) is 0.645. The molecule has 142 valence electrons. The van der Waals surface area contributed by atoms with E-state index >= 15 is 0 Å². The first-order valence-electron chi connectivity index (χ1n) is 9.05. The molecule has 1 aliphatic rings. The van der Waals surface area contributed by atoms with Gasteiger partial charge in [-0.1, -0.05) is 42.8 Å². The number of para-hydroxylation sites is 1. The number of sulfone groups is 1. The van der Waals surface area contributed by atoms with Gasteiger partial charge in [0.15, 0.2) is 0 Å². The van der Waals surface area contributed by atoms with Crippen molar-refractivity contribution in [3.8, 4) is 0 Å². The summed E-state index contributed by atoms with van der Waals surface area (Å²) in [5.41, 5.74) is 2.05. The molecule has 0 spiro atoms. The van der Waals surface area contributed by atoms with Crippen molar-refractivity contribution >= 4 is 33.1 Å². The molecule has 1 aromatic heterocycles. The SMILES string of the molecule is Cl.O=S(=O)(c1ccccc1)c1cnc2c(CN3CCCCC3)cccc2c1. The number of hydrogen-bond donors (Lipinski definition) is 0. The van der Waals surface area contributed by atoms with Crippen LogP contribution in [0.5, 0.6) is 0 Å². The summed E-state index contributed by atoms with van der Waals surface area (Å²) in [6, 6.07) is 16.3. The molecule has 4 nitrogen and oxygen atoms in total. The highest BCUT2D eigenvalue weighted by Gasteiger charge is 2.19. The number of hydrogen-bond acceptors (Lipinski definition) is 4. The van der Waals surface area contributed by atoms with Crippen molar-refractivity contribution in [1.29, 1.82) is 0 Å². The molecule has 0 unspecified atom stereocenters. The summed E-state index contributed by atoms with van der Waals surface area (Å²) in [5, 5.41) is 0.872. The minimum absolute atomic E-state index is 0. The fraction of sp³-hybridized carbons (Fsp3) is 0.286. The van der Waals surface area contributed by atoms with Crippen molar-refractivity contribution in [2.75, 3.05) is 13.1 Å². The van der Waals surface area contributed by atoms with Crippen molar-refractivity contribution in [1.82, 2.24) is 9.88 Å². The molecular formula is C21H23ClN2O2S. The Balaban J connectivity index is 0.00000210. The van der Waals surface area contributed by atoms with Gasteiger partial charge in [-0.3, -0.25) is 9.88 Å². The third-order valence-electron chi connectivity index (χ3n) is 4.98. The Bertz CT molecular complexity index is 1020. The Morgan fingerprint density at radius 1 is 0.889 bits per heavy atom. The lowest BCUT2D eigenvalue weighted by atomic mass is 10.1. The van der Waals surface area contributed by atoms with Gasteiger partial charge in [0.05, 0.1) is 15.3 Å². The van der Waals surface area contributed by atoms with Gasteiger partial charge in [0, 0.05) is 18.1 Å². The van der Waals surface area contributed by atoms with Crippen molar-refractivity contribution in [2.24, 2.45) is 0 Å². The van der Waals surface area contributed by atoms with E-state index in [1.165, 1.54) is 25.5 Å². The van der Waals surface area contributed by atoms with Gasteiger partial charge in [-0.25, -0.2) is 8.42 Å². The number of fused-ring (bicyclic) bond motifs is 1. The maximum absolute atomic E-state index is 12.8. The summed E-state index contributed by atoms with van der Waals surface area (Å²) in [7, 11) is -3.54. The lowest BCUT2D eigenvalue weighted by Crippen LogP contribution is -2.29. The molecule has 27 heavy (non-hydrogen) atoms. The van der Waals surface area contributed by atoms with Crippen LogP contribution in [0.15, 0.2) is 70.6 Å². The number of halogens is 1. The molecule has 0 amide bonds. The van der Waals surface area contributed by atoms with Crippen LogP contribution in [-0.2, 0) is 16.4 Å². The molecule has 1 fully saturated rings. The topological polar surface area (TPSA) is 50.3 Å². The molecule has 2 aromatic carbocycles. The lowest BCUT2D eigenvalue weighted by Gasteiger charge is -2.26. The maximum Gasteiger partial charge on any atom is 0.208 e. The highest BCUT2D eigenvalue weighted by molar-refractivity contribution is 7.91. The lowest BCUT2D eigenvalue weighted by molar-refractivity contribution is 0.221. The van der Waals surface area contributed by atoms with Crippen LogP contribution >= 0.6 is 12.4 Å². The van der Waals surface area contributed by atoms with Crippen LogP contribution < -0.4 is 0 Å². The molecule has 0 bridgehead atoms. The van der Waals surface area contributed by atoms with Crippen LogP contribution in [0.4, 0.5) is 0 Å². The maximum atomic E-state index is 12.8. The molecular weight excluding hydrogens is 380 g/mol. The first-order valence-corrected chi connectivity index (χ1v) is 10.5. The van der Waals surface area contributed by atoms with Crippen LogP contribution in [-0.4, -0.2) is 31.4 Å². The minimum atomic E-state index is -3.54. The van der Waals surface area contributed by atoms with Crippen LogP contribution in [0.25, 0.3) is 10.9 Å². The van der Waals surface area contributed by atoms with E-state index in [0.717, 1.165) is 36.1 Å². The van der Waals surface area contributed by atoms with Gasteiger partial charge in [-0.2, -0.15) is 0 Å². The van der Waals surface area contributed by atoms with E-state index in [1.54, 1.807) is 30.3 Å². The molecule has 6 heteroatoms. The number of aromatic nitrogens is 1. The molecule has 2 heterocycles. The van der Waals surface area contributed by atoms with E-state index < -0.39 is 9.84 Å². The predicted molar refractivity (Wildman–Crippen MR) is 110 cm³/mol. The molecule has 0 radical (unpaired) electrons. The summed E-state index contributed by atoms with van der Waals surface area (Å²) >= 11 is 0. The van der Waals surface area contributed by atoms with Crippen LogP contribution in [0.1, 0.15) is 24.8 Å². The van der Waals surface area contributed by atoms with E-state index in [1.807, 2.05) is 18.2 Å². The molecule has 0 saturated carbocycles. The summed E-state index contributed by atoms with van der Waals surface area (Å²) < 4.78 is 25.7. The largest absolute Gasteiger partial charge is 0.299 e. The van der Waals surface area contributed by atoms with Crippen LogP contribution in [0.2, 0.25) is 0 Å². The third-order valence-corrected chi connectivity index (χ3v) is 6.71. The van der Waals surface area contributed by atoms with Gasteiger partial charge >= 0.3 is 0 Å². The van der Waals surface area contributed by atoms with Gasteiger partial charge in [-0.15, -0.1) is 12.4 Å². The van der Waals surface area contributed by atoms with Crippen molar-refractivity contribution in [3.63, 3.8) is 0 Å². The molecule has 0 atom stereocenters. The molecule has 3 aromatic rings. The Kier molecular flexibility index (Phi) is 6.15. The zero-order valence-electron chi connectivity index (χ0n) is 15.0. The number of likely N-dealkylation sites (tertiary alicyclic amines) is 1. The van der Waals surface area contributed by atoms with E-state index in [0.29, 0.717) is 4.90 Å². The van der Waals surface area contributed by atoms with Gasteiger partial charge in [0.2, 0.25) is 9.84 Å². The van der Waals surface area contributed by atoms with E-state index in [-0.39, 0.29) is 17.3 Å². The highest BCUT2D eigenvalue weighted by atomic mass is 35.5. The second kappa shape index (κ2) is 8.38. The third kappa shape index (κ3) is 4.15. The Morgan fingerprint density at radius 3 is 2.37 bits per heavy atom. The monoisotopic (exact) mass is 402 g/mol. The van der Waals surface area contributed by atoms with Gasteiger partial charge in [-0.05, 0) is 49.7 Å². The van der Waals surface area contributed by atoms with Gasteiger partial charge < -0.3 is 0 Å². The first-order chi connectivity index (χ1) is 12.6. The number of pyridine rings is 1. The van der Waals surface area contributed by atoms with E-state index in [2.05, 4.69) is 16.0 Å². The normalized spacial score (nSPS) is 15.4. The Labute approximate surface area is 166 Å². The highest BCUT2D eigenvalue weighted by Crippen LogP contribution is 2.25. The summed E-state index contributed by atoms with van der Waals surface area (Å²) in [5.74, 6) is 0. The van der Waals surface area contributed by atoms with Crippen molar-refractivity contribution in [2.45, 2.75) is 35.6 Å². The molecule has 1 saturated heterocycles. The molecule has 1 aliphatic heterocycles. The second-order valence-electron chi connectivity index (χ2n) is 6.81. The number of nitrogens with zero attached hydrogens (tertiary/aromatic N) is 2. The average molecular weight is 403 g/mol. The predicted octanol–water partition coefficient (Wildman–Crippen LogP) is 4.48. The van der Waals surface area contributed by atoms with E-state index in [4.69, 9.17) is 0 Å². The standard InChI is InChI=1S/C21H22N2O2S.ClH/c24-26(25,19-10-3-1-4-11-19)20-14-17-8-7-9-18(21(17)22-15-20)16-23-12-5-2-6-13-23;/h1,3-4,7-11,14-15H,2,5-6,12-13,16H2;1H. The first kappa shape index (κ1) is 19.8. The minimum Gasteiger partial charge on any atom is -0.299 e. The fourth-order valence-corrected chi connectivity index (χ4v) is 4.83. The fourth-order valence-electron chi connectivity index (χ4n) is 3.57. The van der Waals surface area contributed by atoms with Crippen LogP contribution in [0, 0.1) is 0 Å². The molecule has 4 rings (SSSR count). The Hall–Kier alpha value is -1.95. The Morgan fingerprint density at radius 2 is 1.63 bits per heavy atom. The number of rotatable bonds is 4. The summed E-state index contributed by atoms with van der Waals surface area (Å²) in [6.07, 6.45) is 5.30. The smallest absolute Gasteiger partial charge is 0.208 e. The number of benzene rings is 2. The van der Waals surface area contributed by atoms with Gasteiger partial charge in [0.1, 0.15) is 0 Å². The van der Waals surface area contributed by atoms with E-state index in [9.17, 15) is 8.42 Å². The van der Waals surface area contributed by atoms with Crippen LogP contribution in [0.3, 0.4) is 0 Å². The van der Waals surface area contributed by atoms with Gasteiger partial charge in [0.25, 0.3) is 0 Å². The summed E-state index contributed by atoms with van der Waals surface area (Å²) in [6.45, 7) is 3.11. The number of piperidine rings is 1. The zero-order valence-corrected chi connectivity index (χ0v) is 16.7. The molecule has 0 N–H and O–H groups in total.